The van der Waals surface area contributed by atoms with Gasteiger partial charge in [-0.15, -0.1) is 0 Å². The minimum atomic E-state index is -1.84. The van der Waals surface area contributed by atoms with Crippen LogP contribution < -0.4 is 0 Å². The highest BCUT2D eigenvalue weighted by atomic mass is 16.4. The molecule has 1 aliphatic carbocycles. The lowest BCUT2D eigenvalue weighted by Gasteiger charge is -2.29. The molecule has 1 aromatic rings. The average Bonchev–Trinajstić information content (AvgIpc) is 2.38. The third-order valence-electron chi connectivity index (χ3n) is 4.06. The van der Waals surface area contributed by atoms with Crippen LogP contribution in [0.3, 0.4) is 0 Å². The molecule has 0 fully saturated rings. The highest BCUT2D eigenvalue weighted by molar-refractivity contribution is 5.79. The van der Waals surface area contributed by atoms with Crippen LogP contribution in [0.15, 0.2) is 18.2 Å². The Morgan fingerprint density at radius 1 is 1.47 bits per heavy atom. The highest BCUT2D eigenvalue weighted by Gasteiger charge is 2.36. The first-order valence-corrected chi connectivity index (χ1v) is 6.64. The van der Waals surface area contributed by atoms with Gasteiger partial charge in [-0.3, -0.25) is 0 Å². The molecular weight excluding hydrogens is 244 g/mol. The van der Waals surface area contributed by atoms with Crippen molar-refractivity contribution in [2.75, 3.05) is 6.61 Å². The van der Waals surface area contributed by atoms with Crippen LogP contribution in [0.1, 0.15) is 36.5 Å². The van der Waals surface area contributed by atoms with E-state index in [1.807, 2.05) is 6.07 Å². The zero-order valence-electron chi connectivity index (χ0n) is 11.1. The Morgan fingerprint density at radius 2 is 2.21 bits per heavy atom. The van der Waals surface area contributed by atoms with Gasteiger partial charge in [0.05, 0.1) is 0 Å². The SMILES string of the molecule is CC(O)(C(=O)O)c1cccc2c1CCC(CCO)C2. The summed E-state index contributed by atoms with van der Waals surface area (Å²) in [5.41, 5.74) is 0.725. The molecule has 0 saturated heterocycles. The molecule has 0 saturated carbocycles. The van der Waals surface area contributed by atoms with Gasteiger partial charge in [-0.05, 0) is 55.2 Å². The fourth-order valence-corrected chi connectivity index (χ4v) is 2.88. The summed E-state index contributed by atoms with van der Waals surface area (Å²) in [4.78, 5) is 11.2. The molecule has 2 atom stereocenters. The quantitative estimate of drug-likeness (QED) is 0.769. The molecule has 2 unspecified atom stereocenters. The van der Waals surface area contributed by atoms with Gasteiger partial charge in [0.2, 0.25) is 0 Å². The number of aliphatic hydroxyl groups is 2. The van der Waals surface area contributed by atoms with Gasteiger partial charge in [0, 0.05) is 6.61 Å². The van der Waals surface area contributed by atoms with Gasteiger partial charge in [0.1, 0.15) is 0 Å². The first-order chi connectivity index (χ1) is 8.96. The van der Waals surface area contributed by atoms with Crippen LogP contribution in [0.25, 0.3) is 0 Å². The summed E-state index contributed by atoms with van der Waals surface area (Å²) in [5.74, 6) is -0.777. The molecule has 0 bridgehead atoms. The Hall–Kier alpha value is -1.39. The molecule has 0 heterocycles. The molecule has 2 rings (SSSR count). The van der Waals surface area contributed by atoms with Gasteiger partial charge >= 0.3 is 5.97 Å². The maximum absolute atomic E-state index is 11.2. The Morgan fingerprint density at radius 3 is 2.84 bits per heavy atom. The third kappa shape index (κ3) is 2.65. The minimum Gasteiger partial charge on any atom is -0.479 e. The Kier molecular flexibility index (Phi) is 3.92. The first-order valence-electron chi connectivity index (χ1n) is 6.64. The molecule has 0 radical (unpaired) electrons. The van der Waals surface area contributed by atoms with Crippen molar-refractivity contribution in [2.24, 2.45) is 5.92 Å². The lowest BCUT2D eigenvalue weighted by molar-refractivity contribution is -0.157. The lowest BCUT2D eigenvalue weighted by Crippen LogP contribution is -2.34. The largest absolute Gasteiger partial charge is 0.479 e. The van der Waals surface area contributed by atoms with E-state index in [9.17, 15) is 9.90 Å². The molecule has 19 heavy (non-hydrogen) atoms. The second-order valence-electron chi connectivity index (χ2n) is 5.44. The number of fused-ring (bicyclic) bond motifs is 1. The monoisotopic (exact) mass is 264 g/mol. The summed E-state index contributed by atoms with van der Waals surface area (Å²) in [7, 11) is 0. The zero-order chi connectivity index (χ0) is 14.0. The summed E-state index contributed by atoms with van der Waals surface area (Å²) < 4.78 is 0. The number of carboxylic acid groups (broad SMARTS) is 1. The maximum atomic E-state index is 11.2. The van der Waals surface area contributed by atoms with Gasteiger partial charge < -0.3 is 15.3 Å². The summed E-state index contributed by atoms with van der Waals surface area (Å²) in [6.07, 6.45) is 3.32. The molecule has 1 aromatic carbocycles. The molecular formula is C15H20O4. The molecule has 4 heteroatoms. The van der Waals surface area contributed by atoms with Crippen molar-refractivity contribution in [3.05, 3.63) is 34.9 Å². The van der Waals surface area contributed by atoms with Crippen LogP contribution >= 0.6 is 0 Å². The van der Waals surface area contributed by atoms with Crippen molar-refractivity contribution in [3.8, 4) is 0 Å². The Labute approximate surface area is 112 Å². The Balaban J connectivity index is 2.36. The zero-order valence-corrected chi connectivity index (χ0v) is 11.1. The fraction of sp³-hybridized carbons (Fsp3) is 0.533. The molecule has 0 spiro atoms. The van der Waals surface area contributed by atoms with E-state index in [0.717, 1.165) is 36.8 Å². The van der Waals surface area contributed by atoms with Gasteiger partial charge in [-0.25, -0.2) is 4.79 Å². The number of aliphatic hydroxyl groups excluding tert-OH is 1. The van der Waals surface area contributed by atoms with Crippen LogP contribution in [0.5, 0.6) is 0 Å². The van der Waals surface area contributed by atoms with Crippen LogP contribution in [0.2, 0.25) is 0 Å². The number of aliphatic carboxylic acids is 1. The number of carboxylic acids is 1. The van der Waals surface area contributed by atoms with E-state index in [4.69, 9.17) is 10.2 Å². The van der Waals surface area contributed by atoms with E-state index in [0.29, 0.717) is 11.5 Å². The molecule has 1 aliphatic rings. The smallest absolute Gasteiger partial charge is 0.340 e. The van der Waals surface area contributed by atoms with E-state index in [-0.39, 0.29) is 6.61 Å². The fourth-order valence-electron chi connectivity index (χ4n) is 2.88. The number of benzene rings is 1. The first kappa shape index (κ1) is 14.0. The van der Waals surface area contributed by atoms with Crippen molar-refractivity contribution in [2.45, 2.75) is 38.2 Å². The maximum Gasteiger partial charge on any atom is 0.340 e. The second-order valence-corrected chi connectivity index (χ2v) is 5.44. The van der Waals surface area contributed by atoms with E-state index in [2.05, 4.69) is 0 Å². The Bertz CT molecular complexity index is 479. The van der Waals surface area contributed by atoms with Crippen molar-refractivity contribution >= 4 is 5.97 Å². The highest BCUT2D eigenvalue weighted by Crippen LogP contribution is 2.34. The van der Waals surface area contributed by atoms with Crippen molar-refractivity contribution in [1.82, 2.24) is 0 Å². The average molecular weight is 264 g/mol. The van der Waals surface area contributed by atoms with Crippen molar-refractivity contribution in [3.63, 3.8) is 0 Å². The van der Waals surface area contributed by atoms with Gasteiger partial charge in [0.15, 0.2) is 5.60 Å². The van der Waals surface area contributed by atoms with Crippen LogP contribution in [-0.4, -0.2) is 27.9 Å². The van der Waals surface area contributed by atoms with E-state index >= 15 is 0 Å². The molecule has 3 N–H and O–H groups in total. The van der Waals surface area contributed by atoms with E-state index in [1.54, 1.807) is 12.1 Å². The lowest BCUT2D eigenvalue weighted by atomic mass is 9.77. The molecule has 4 nitrogen and oxygen atoms in total. The summed E-state index contributed by atoms with van der Waals surface area (Å²) in [6.45, 7) is 1.51. The predicted molar refractivity (Wildman–Crippen MR) is 70.9 cm³/mol. The summed E-state index contributed by atoms with van der Waals surface area (Å²) in [6, 6.07) is 5.48. The van der Waals surface area contributed by atoms with Gasteiger partial charge in [-0.2, -0.15) is 0 Å². The molecule has 0 amide bonds. The second kappa shape index (κ2) is 5.31. The number of carbonyl (C=O) groups is 1. The standard InChI is InChI=1S/C15H20O4/c1-15(19,14(17)18)13-4-2-3-11-9-10(7-8-16)5-6-12(11)13/h2-4,10,16,19H,5-9H2,1H3,(H,17,18). The van der Waals surface area contributed by atoms with Crippen LogP contribution in [0.4, 0.5) is 0 Å². The van der Waals surface area contributed by atoms with E-state index < -0.39 is 11.6 Å². The molecule has 0 aromatic heterocycles. The normalized spacial score (nSPS) is 21.5. The number of hydrogen-bond acceptors (Lipinski definition) is 3. The number of hydrogen-bond donors (Lipinski definition) is 3. The van der Waals surface area contributed by atoms with E-state index in [1.165, 1.54) is 6.92 Å². The molecule has 104 valence electrons. The van der Waals surface area contributed by atoms with Crippen LogP contribution in [-0.2, 0) is 23.2 Å². The van der Waals surface area contributed by atoms with Crippen molar-refractivity contribution < 1.29 is 20.1 Å². The van der Waals surface area contributed by atoms with Crippen molar-refractivity contribution in [1.29, 1.82) is 0 Å². The summed E-state index contributed by atoms with van der Waals surface area (Å²) >= 11 is 0. The minimum absolute atomic E-state index is 0.187. The van der Waals surface area contributed by atoms with Gasteiger partial charge in [0.25, 0.3) is 0 Å². The number of rotatable bonds is 4. The topological polar surface area (TPSA) is 77.8 Å². The van der Waals surface area contributed by atoms with Gasteiger partial charge in [-0.1, -0.05) is 18.2 Å². The predicted octanol–water partition coefficient (Wildman–Crippen LogP) is 1.47. The third-order valence-corrected chi connectivity index (χ3v) is 4.06. The molecule has 0 aliphatic heterocycles. The van der Waals surface area contributed by atoms with Crippen LogP contribution in [0, 0.1) is 5.92 Å². The summed E-state index contributed by atoms with van der Waals surface area (Å²) in [5, 5.41) is 28.3.